The van der Waals surface area contributed by atoms with Gasteiger partial charge in [-0.25, -0.2) is 9.99 Å². The predicted molar refractivity (Wildman–Crippen MR) is 109 cm³/mol. The highest BCUT2D eigenvalue weighted by molar-refractivity contribution is 9.10. The molecule has 1 fully saturated rings. The molecule has 0 spiro atoms. The molecule has 25 heavy (non-hydrogen) atoms. The average Bonchev–Trinajstić information content (AvgIpc) is 3.14. The molecule has 0 unspecified atom stereocenters. The van der Waals surface area contributed by atoms with Crippen molar-refractivity contribution < 1.29 is 0 Å². The summed E-state index contributed by atoms with van der Waals surface area (Å²) >= 11 is 5.20. The highest BCUT2D eigenvalue weighted by atomic mass is 79.9. The lowest BCUT2D eigenvalue weighted by Gasteiger charge is -2.35. The maximum absolute atomic E-state index is 4.83. The number of hydrogen-bond acceptors (Lipinski definition) is 5. The summed E-state index contributed by atoms with van der Waals surface area (Å²) in [6.07, 6.45) is 0. The Bertz CT molecular complexity index is 811. The summed E-state index contributed by atoms with van der Waals surface area (Å²) in [7, 11) is 0. The molecule has 1 aliphatic rings. The molecule has 6 heteroatoms. The van der Waals surface area contributed by atoms with E-state index >= 15 is 0 Å². The first kappa shape index (κ1) is 16.6. The second-order valence-electron chi connectivity index (χ2n) is 5.97. The maximum Gasteiger partial charge on any atom is 0.185 e. The number of piperazine rings is 1. The van der Waals surface area contributed by atoms with E-state index in [9.17, 15) is 0 Å². The van der Waals surface area contributed by atoms with Crippen LogP contribution in [0.4, 0.5) is 10.8 Å². The van der Waals surface area contributed by atoms with Crippen molar-refractivity contribution in [1.29, 1.82) is 0 Å². The van der Waals surface area contributed by atoms with Gasteiger partial charge in [-0.05, 0) is 24.3 Å². The Morgan fingerprint density at radius 2 is 1.64 bits per heavy atom. The minimum Gasteiger partial charge on any atom is -0.345 e. The molecule has 2 aromatic carbocycles. The van der Waals surface area contributed by atoms with Crippen molar-refractivity contribution in [3.63, 3.8) is 0 Å². The highest BCUT2D eigenvalue weighted by Crippen LogP contribution is 2.28. The van der Waals surface area contributed by atoms with Crippen molar-refractivity contribution in [2.24, 2.45) is 0 Å². The smallest absolute Gasteiger partial charge is 0.185 e. The minimum absolute atomic E-state index is 0.974. The first-order chi connectivity index (χ1) is 12.3. The fourth-order valence-corrected chi connectivity index (χ4v) is 4.02. The number of hydrogen-bond donors (Lipinski definition) is 1. The Labute approximate surface area is 160 Å². The fraction of sp³-hybridized carbons (Fsp3) is 0.211. The van der Waals surface area contributed by atoms with Gasteiger partial charge >= 0.3 is 0 Å². The molecule has 2 heterocycles. The van der Waals surface area contributed by atoms with Gasteiger partial charge in [-0.3, -0.25) is 0 Å². The summed E-state index contributed by atoms with van der Waals surface area (Å²) in [5.41, 5.74) is 6.83. The molecule has 0 atom stereocenters. The second kappa shape index (κ2) is 7.56. The van der Waals surface area contributed by atoms with Crippen LogP contribution in [0.15, 0.2) is 64.5 Å². The molecule has 1 N–H and O–H groups in total. The van der Waals surface area contributed by atoms with Crippen LogP contribution in [0.1, 0.15) is 0 Å². The van der Waals surface area contributed by atoms with Gasteiger partial charge in [0.15, 0.2) is 5.13 Å². The fourth-order valence-electron chi connectivity index (χ4n) is 2.87. The summed E-state index contributed by atoms with van der Waals surface area (Å²) in [4.78, 5) is 7.20. The number of anilines is 2. The van der Waals surface area contributed by atoms with Crippen LogP contribution >= 0.6 is 27.3 Å². The number of thiazole rings is 1. The molecular formula is C19H19BrN4S. The SMILES string of the molecule is Brc1ccc(-c2csc(N3CCN(Nc4ccccc4)CC3)n2)cc1. The van der Waals surface area contributed by atoms with Crippen molar-refractivity contribution in [3.05, 3.63) is 64.5 Å². The zero-order chi connectivity index (χ0) is 17.1. The molecule has 0 amide bonds. The van der Waals surface area contributed by atoms with E-state index in [-0.39, 0.29) is 0 Å². The number of halogens is 1. The topological polar surface area (TPSA) is 31.4 Å². The summed E-state index contributed by atoms with van der Waals surface area (Å²) < 4.78 is 1.09. The van der Waals surface area contributed by atoms with Crippen molar-refractivity contribution in [1.82, 2.24) is 9.99 Å². The Morgan fingerprint density at radius 3 is 2.36 bits per heavy atom. The number of rotatable bonds is 4. The molecule has 0 saturated carbocycles. The van der Waals surface area contributed by atoms with E-state index in [1.165, 1.54) is 0 Å². The summed E-state index contributed by atoms with van der Waals surface area (Å²) in [6, 6.07) is 18.7. The molecule has 128 valence electrons. The van der Waals surface area contributed by atoms with Crippen LogP contribution in [0.25, 0.3) is 11.3 Å². The molecule has 1 saturated heterocycles. The molecule has 0 radical (unpaired) electrons. The van der Waals surface area contributed by atoms with Crippen LogP contribution < -0.4 is 10.3 Å². The van der Waals surface area contributed by atoms with Gasteiger partial charge in [-0.1, -0.05) is 46.3 Å². The van der Waals surface area contributed by atoms with Crippen molar-refractivity contribution in [3.8, 4) is 11.3 Å². The third kappa shape index (κ3) is 4.03. The molecule has 4 nitrogen and oxygen atoms in total. The zero-order valence-electron chi connectivity index (χ0n) is 13.7. The number of aromatic nitrogens is 1. The minimum atomic E-state index is 0.974. The van der Waals surface area contributed by atoms with Crippen LogP contribution in [0.2, 0.25) is 0 Å². The Balaban J connectivity index is 1.37. The van der Waals surface area contributed by atoms with Crippen LogP contribution in [0, 0.1) is 0 Å². The zero-order valence-corrected chi connectivity index (χ0v) is 16.1. The molecule has 3 aromatic rings. The summed E-state index contributed by atoms with van der Waals surface area (Å²) in [5.74, 6) is 0. The monoisotopic (exact) mass is 414 g/mol. The number of benzene rings is 2. The molecule has 0 bridgehead atoms. The van der Waals surface area contributed by atoms with E-state index in [2.05, 4.69) is 85.2 Å². The van der Waals surface area contributed by atoms with Crippen LogP contribution in [0.3, 0.4) is 0 Å². The molecule has 0 aliphatic carbocycles. The van der Waals surface area contributed by atoms with Gasteiger partial charge in [-0.2, -0.15) is 0 Å². The van der Waals surface area contributed by atoms with E-state index in [1.807, 2.05) is 6.07 Å². The Morgan fingerprint density at radius 1 is 0.920 bits per heavy atom. The molecule has 1 aliphatic heterocycles. The number of nitrogens with one attached hydrogen (secondary N) is 1. The van der Waals surface area contributed by atoms with E-state index in [1.54, 1.807) is 11.3 Å². The Hall–Kier alpha value is -1.89. The molecular weight excluding hydrogens is 396 g/mol. The van der Waals surface area contributed by atoms with E-state index < -0.39 is 0 Å². The lowest BCUT2D eigenvalue weighted by atomic mass is 10.2. The van der Waals surface area contributed by atoms with Crippen LogP contribution in [0.5, 0.6) is 0 Å². The number of nitrogens with zero attached hydrogens (tertiary/aromatic N) is 3. The molecule has 4 rings (SSSR count). The predicted octanol–water partition coefficient (Wildman–Crippen LogP) is 4.72. The van der Waals surface area contributed by atoms with Crippen molar-refractivity contribution in [2.45, 2.75) is 0 Å². The van der Waals surface area contributed by atoms with Crippen molar-refractivity contribution >= 4 is 38.1 Å². The summed E-state index contributed by atoms with van der Waals surface area (Å²) in [5, 5.41) is 5.53. The normalized spacial score (nSPS) is 15.3. The first-order valence-electron chi connectivity index (χ1n) is 8.31. The third-order valence-electron chi connectivity index (χ3n) is 4.24. The number of para-hydroxylation sites is 1. The third-order valence-corrected chi connectivity index (χ3v) is 5.67. The van der Waals surface area contributed by atoms with Gasteiger partial charge in [-0.15, -0.1) is 11.3 Å². The quantitative estimate of drug-likeness (QED) is 0.668. The van der Waals surface area contributed by atoms with Gasteiger partial charge in [0.2, 0.25) is 0 Å². The van der Waals surface area contributed by atoms with Crippen LogP contribution in [-0.2, 0) is 0 Å². The molecule has 1 aromatic heterocycles. The largest absolute Gasteiger partial charge is 0.345 e. The van der Waals surface area contributed by atoms with E-state index in [0.717, 1.165) is 52.7 Å². The number of hydrazine groups is 1. The first-order valence-corrected chi connectivity index (χ1v) is 9.98. The van der Waals surface area contributed by atoms with Gasteiger partial charge in [0, 0.05) is 47.3 Å². The van der Waals surface area contributed by atoms with Gasteiger partial charge in [0.25, 0.3) is 0 Å². The van der Waals surface area contributed by atoms with Gasteiger partial charge in [0.1, 0.15) is 0 Å². The van der Waals surface area contributed by atoms with Gasteiger partial charge in [0.05, 0.1) is 5.69 Å². The van der Waals surface area contributed by atoms with Gasteiger partial charge < -0.3 is 10.3 Å². The lowest BCUT2D eigenvalue weighted by molar-refractivity contribution is 0.308. The highest BCUT2D eigenvalue weighted by Gasteiger charge is 2.19. The summed E-state index contributed by atoms with van der Waals surface area (Å²) in [6.45, 7) is 3.91. The Kier molecular flexibility index (Phi) is 5.01. The van der Waals surface area contributed by atoms with E-state index in [0.29, 0.717) is 0 Å². The second-order valence-corrected chi connectivity index (χ2v) is 7.73. The lowest BCUT2D eigenvalue weighted by Crippen LogP contribution is -2.48. The average molecular weight is 415 g/mol. The maximum atomic E-state index is 4.83. The van der Waals surface area contributed by atoms with Crippen LogP contribution in [-0.4, -0.2) is 36.2 Å². The van der Waals surface area contributed by atoms with Crippen molar-refractivity contribution in [2.75, 3.05) is 36.5 Å². The standard InChI is InChI=1S/C19H19BrN4S/c20-16-8-6-15(7-9-16)18-14-25-19(21-18)23-10-12-24(13-11-23)22-17-4-2-1-3-5-17/h1-9,14,22H,10-13H2. The van der Waals surface area contributed by atoms with E-state index in [4.69, 9.17) is 4.98 Å².